The Hall–Kier alpha value is -1.71. The van der Waals surface area contributed by atoms with E-state index in [9.17, 15) is 23.5 Å². The molecule has 1 amide bonds. The number of quaternary nitrogens is 1. The van der Waals surface area contributed by atoms with Crippen LogP contribution in [0, 0.1) is 0 Å². The molecule has 1 aromatic rings. The number of carbonyl (C=O) groups is 1. The highest BCUT2D eigenvalue weighted by Crippen LogP contribution is 2.24. The Morgan fingerprint density at radius 2 is 1.96 bits per heavy atom. The number of aromatic hydroxyl groups is 1. The van der Waals surface area contributed by atoms with Crippen molar-refractivity contribution >= 4 is 17.2 Å². The lowest BCUT2D eigenvalue weighted by Gasteiger charge is -2.36. The Bertz CT molecular complexity index is 726. The topological polar surface area (TPSA) is 103 Å². The van der Waals surface area contributed by atoms with E-state index >= 15 is 0 Å². The third-order valence-corrected chi connectivity index (χ3v) is 4.91. The van der Waals surface area contributed by atoms with E-state index in [1.54, 1.807) is 9.47 Å². The molecule has 1 N–H and O–H groups in total. The van der Waals surface area contributed by atoms with Crippen LogP contribution in [0.2, 0.25) is 0 Å². The molecule has 1 aliphatic rings. The van der Waals surface area contributed by atoms with Crippen molar-refractivity contribution in [3.05, 3.63) is 27.7 Å². The average molecular weight is 343 g/mol. The van der Waals surface area contributed by atoms with Gasteiger partial charge in [-0.05, 0) is 13.8 Å². The molecule has 23 heavy (non-hydrogen) atoms. The molecule has 0 bridgehead atoms. The van der Waals surface area contributed by atoms with Crippen molar-refractivity contribution in [2.24, 2.45) is 0 Å². The highest BCUT2D eigenvalue weighted by Gasteiger charge is 2.32. The highest BCUT2D eigenvalue weighted by atomic mass is 32.2. The van der Waals surface area contributed by atoms with Crippen molar-refractivity contribution < 1.29 is 22.6 Å². The first-order chi connectivity index (χ1) is 10.6. The minimum absolute atomic E-state index is 0.0214. The number of fused-ring (bicyclic) bond motifs is 1. The van der Waals surface area contributed by atoms with Gasteiger partial charge in [0, 0.05) is 25.2 Å². The molecule has 1 aliphatic heterocycles. The van der Waals surface area contributed by atoms with Crippen LogP contribution in [0.3, 0.4) is 0 Å². The fourth-order valence-electron chi connectivity index (χ4n) is 2.67. The summed E-state index contributed by atoms with van der Waals surface area (Å²) >= 11 is -2.40. The first-order valence-electron chi connectivity index (χ1n) is 7.26. The summed E-state index contributed by atoms with van der Waals surface area (Å²) in [6.07, 6.45) is 0. The van der Waals surface area contributed by atoms with E-state index in [-0.39, 0.29) is 22.2 Å². The van der Waals surface area contributed by atoms with Crippen molar-refractivity contribution in [2.45, 2.75) is 33.0 Å². The zero-order valence-corrected chi connectivity index (χ0v) is 14.4. The third-order valence-electron chi connectivity index (χ3n) is 3.97. The van der Waals surface area contributed by atoms with Crippen LogP contribution >= 0.6 is 0 Å². The predicted octanol–water partition coefficient (Wildman–Crippen LogP) is -0.211. The van der Waals surface area contributed by atoms with E-state index in [2.05, 4.69) is 0 Å². The van der Waals surface area contributed by atoms with Gasteiger partial charge in [0.05, 0.1) is 19.8 Å². The minimum atomic E-state index is -2.40. The fourth-order valence-corrected chi connectivity index (χ4v) is 2.91. The quantitative estimate of drug-likeness (QED) is 0.602. The van der Waals surface area contributed by atoms with Crippen molar-refractivity contribution in [1.29, 1.82) is 0 Å². The lowest BCUT2D eigenvalue weighted by Crippen LogP contribution is -2.47. The first-order valence-corrected chi connectivity index (χ1v) is 8.29. The van der Waals surface area contributed by atoms with Gasteiger partial charge in [0.25, 0.3) is 5.91 Å². The summed E-state index contributed by atoms with van der Waals surface area (Å²) in [4.78, 5) is 26.1. The van der Waals surface area contributed by atoms with Gasteiger partial charge in [-0.2, -0.15) is 0 Å². The normalized spacial score (nSPS) is 16.6. The van der Waals surface area contributed by atoms with Crippen molar-refractivity contribution in [2.75, 3.05) is 20.6 Å². The molecule has 9 heteroatoms. The zero-order valence-electron chi connectivity index (χ0n) is 13.6. The molecule has 0 aromatic carbocycles. The van der Waals surface area contributed by atoms with E-state index in [0.29, 0.717) is 18.8 Å². The number of hydrogen-bond acceptors (Lipinski definition) is 5. The molecule has 1 atom stereocenters. The molecule has 2 heterocycles. The van der Waals surface area contributed by atoms with Crippen molar-refractivity contribution in [3.8, 4) is 5.75 Å². The van der Waals surface area contributed by atoms with Gasteiger partial charge in [0.2, 0.25) is 5.43 Å². The smallest absolute Gasteiger partial charge is 0.274 e. The first kappa shape index (κ1) is 17.6. The van der Waals surface area contributed by atoms with Crippen molar-refractivity contribution in [3.63, 3.8) is 0 Å². The number of nitrogens with zero attached hydrogens (tertiary/aromatic N) is 3. The summed E-state index contributed by atoms with van der Waals surface area (Å²) < 4.78 is 23.8. The number of hydrogen-bond donors (Lipinski definition) is 1. The summed E-state index contributed by atoms with van der Waals surface area (Å²) in [7, 11) is 2.97. The number of carbonyl (C=O) groups excluding carboxylic acids is 1. The Kier molecular flexibility index (Phi) is 4.65. The second-order valence-corrected chi connectivity index (χ2v) is 7.81. The largest absolute Gasteiger partial charge is 0.724 e. The molecule has 1 aromatic heterocycles. The second kappa shape index (κ2) is 6.06. The standard InChI is InChI=1S/C14H21N3O5S/c1-9(2)15-5-6-16-10(8-17(3,4)23(21)22)7-11(18)13(19)12(16)14(15)20/h7,9H,5-6,8H2,1-4H3,(H-,19,20,21,22). The van der Waals surface area contributed by atoms with Crippen LogP contribution in [0.15, 0.2) is 10.9 Å². The molecular weight excluding hydrogens is 322 g/mol. The second-order valence-electron chi connectivity index (χ2n) is 6.39. The van der Waals surface area contributed by atoms with E-state index in [1.165, 1.54) is 20.2 Å². The Morgan fingerprint density at radius 1 is 1.35 bits per heavy atom. The Labute approximate surface area is 136 Å². The fraction of sp³-hybridized carbons (Fsp3) is 0.571. The van der Waals surface area contributed by atoms with Crippen LogP contribution in [-0.2, 0) is 24.4 Å². The van der Waals surface area contributed by atoms with Crippen LogP contribution in [0.25, 0.3) is 0 Å². The average Bonchev–Trinajstić information content (AvgIpc) is 2.43. The number of aromatic nitrogens is 1. The molecule has 8 nitrogen and oxygen atoms in total. The number of rotatable bonds is 4. The molecule has 0 saturated carbocycles. The summed E-state index contributed by atoms with van der Waals surface area (Å²) in [6.45, 7) is 4.56. The van der Waals surface area contributed by atoms with Crippen LogP contribution in [-0.4, -0.2) is 59.8 Å². The number of amides is 1. The molecule has 0 aliphatic carbocycles. The maximum absolute atomic E-state index is 12.6. The van der Waals surface area contributed by atoms with E-state index in [1.807, 2.05) is 13.8 Å². The Balaban J connectivity index is 2.58. The van der Waals surface area contributed by atoms with E-state index < -0.39 is 28.4 Å². The third kappa shape index (κ3) is 3.17. The maximum atomic E-state index is 12.6. The lowest BCUT2D eigenvalue weighted by molar-refractivity contribution is -0.777. The molecular formula is C14H21N3O5S. The molecule has 128 valence electrons. The molecule has 0 radical (unpaired) electrons. The van der Waals surface area contributed by atoms with Gasteiger partial charge in [-0.3, -0.25) is 9.59 Å². The van der Waals surface area contributed by atoms with E-state index in [0.717, 1.165) is 0 Å². The summed E-state index contributed by atoms with van der Waals surface area (Å²) in [5.41, 5.74) is -0.334. The Morgan fingerprint density at radius 3 is 2.48 bits per heavy atom. The minimum Gasteiger partial charge on any atom is -0.724 e. The molecule has 0 fully saturated rings. The van der Waals surface area contributed by atoms with Crippen LogP contribution in [0.4, 0.5) is 0 Å². The predicted molar refractivity (Wildman–Crippen MR) is 83.3 cm³/mol. The van der Waals surface area contributed by atoms with E-state index in [4.69, 9.17) is 0 Å². The maximum Gasteiger partial charge on any atom is 0.274 e. The molecule has 0 saturated heterocycles. The van der Waals surface area contributed by atoms with Gasteiger partial charge in [-0.25, -0.2) is 8.10 Å². The van der Waals surface area contributed by atoms with Gasteiger partial charge < -0.3 is 19.1 Å². The van der Waals surface area contributed by atoms with Gasteiger partial charge in [0.1, 0.15) is 17.8 Å². The summed E-state index contributed by atoms with van der Waals surface area (Å²) in [5, 5.41) is 10.0. The molecule has 1 unspecified atom stereocenters. The summed E-state index contributed by atoms with van der Waals surface area (Å²) in [6, 6.07) is 1.14. The lowest BCUT2D eigenvalue weighted by atomic mass is 10.1. The highest BCUT2D eigenvalue weighted by molar-refractivity contribution is 7.73. The van der Waals surface area contributed by atoms with Crippen LogP contribution in [0.5, 0.6) is 5.75 Å². The molecule has 2 rings (SSSR count). The van der Waals surface area contributed by atoms with Crippen molar-refractivity contribution in [1.82, 2.24) is 9.47 Å². The van der Waals surface area contributed by atoms with Gasteiger partial charge >= 0.3 is 0 Å². The molecule has 0 spiro atoms. The van der Waals surface area contributed by atoms with Gasteiger partial charge in [-0.1, -0.05) is 0 Å². The monoisotopic (exact) mass is 343 g/mol. The SMILES string of the molecule is CC(C)N1CCn2c(C[N+](C)(C)S(=O)[O-])cc(=O)c(O)c2C1=O. The van der Waals surface area contributed by atoms with Gasteiger partial charge in [0.15, 0.2) is 11.4 Å². The van der Waals surface area contributed by atoms with Gasteiger partial charge in [-0.15, -0.1) is 0 Å². The number of pyridine rings is 1. The zero-order chi connectivity index (χ0) is 17.5. The van der Waals surface area contributed by atoms with Crippen LogP contribution < -0.4 is 5.43 Å². The summed E-state index contributed by atoms with van der Waals surface area (Å²) in [5.74, 6) is -1.01. The van der Waals surface area contributed by atoms with Crippen LogP contribution in [0.1, 0.15) is 30.0 Å².